The second kappa shape index (κ2) is 7.76. The first-order valence-corrected chi connectivity index (χ1v) is 12.0. The lowest BCUT2D eigenvalue weighted by atomic mass is 9.94. The van der Waals surface area contributed by atoms with Gasteiger partial charge in [0.05, 0.1) is 11.5 Å². The molecule has 6 nitrogen and oxygen atoms in total. The number of nitrogens with one attached hydrogen (secondary N) is 2. The summed E-state index contributed by atoms with van der Waals surface area (Å²) in [5, 5.41) is 8.06. The molecule has 0 bridgehead atoms. The number of aromatic nitrogens is 1. The number of fused-ring (bicyclic) bond motifs is 1. The highest BCUT2D eigenvalue weighted by atomic mass is 35.5. The summed E-state index contributed by atoms with van der Waals surface area (Å²) < 4.78 is 10.9. The Morgan fingerprint density at radius 1 is 1.16 bits per heavy atom. The van der Waals surface area contributed by atoms with Crippen LogP contribution in [0.15, 0.2) is 48.7 Å². The molecule has 1 atom stereocenters. The van der Waals surface area contributed by atoms with Gasteiger partial charge in [0.25, 0.3) is 0 Å². The average Bonchev–Trinajstić information content (AvgIpc) is 3.70. The number of rotatable bonds is 7. The summed E-state index contributed by atoms with van der Waals surface area (Å²) in [4.78, 5) is 18.8. The minimum Gasteiger partial charge on any atom is -0.454 e. The van der Waals surface area contributed by atoms with E-state index in [2.05, 4.69) is 15.6 Å². The quantitative estimate of drug-likeness (QED) is 0.509. The first-order valence-electron chi connectivity index (χ1n) is 10.8. The van der Waals surface area contributed by atoms with Crippen molar-refractivity contribution in [2.45, 2.75) is 43.2 Å². The Balaban J connectivity index is 1.22. The molecule has 6 rings (SSSR count). The highest BCUT2D eigenvalue weighted by Crippen LogP contribution is 2.51. The highest BCUT2D eigenvalue weighted by molar-refractivity contribution is 7.15. The fourth-order valence-electron chi connectivity index (χ4n) is 4.18. The topological polar surface area (TPSA) is 72.5 Å². The molecule has 32 heavy (non-hydrogen) atoms. The maximum Gasteiger partial charge on any atom is 0.236 e. The van der Waals surface area contributed by atoms with Gasteiger partial charge in [-0.25, -0.2) is 4.98 Å². The minimum absolute atomic E-state index is 0.0262. The molecule has 3 aliphatic rings. The van der Waals surface area contributed by atoms with E-state index in [1.54, 1.807) is 0 Å². The van der Waals surface area contributed by atoms with Crippen LogP contribution in [0.1, 0.15) is 47.7 Å². The zero-order valence-corrected chi connectivity index (χ0v) is 18.8. The molecule has 2 N–H and O–H groups in total. The second-order valence-corrected chi connectivity index (χ2v) is 10.0. The molecule has 1 unspecified atom stereocenters. The second-order valence-electron chi connectivity index (χ2n) is 8.57. The van der Waals surface area contributed by atoms with Gasteiger partial charge in [-0.15, -0.1) is 0 Å². The summed E-state index contributed by atoms with van der Waals surface area (Å²) in [5.74, 6) is 1.40. The summed E-state index contributed by atoms with van der Waals surface area (Å²) >= 11 is 7.99. The lowest BCUT2D eigenvalue weighted by Crippen LogP contribution is -2.27. The van der Waals surface area contributed by atoms with Crippen LogP contribution in [-0.2, 0) is 10.2 Å². The van der Waals surface area contributed by atoms with Crippen molar-refractivity contribution in [3.63, 3.8) is 0 Å². The highest BCUT2D eigenvalue weighted by Gasteiger charge is 2.52. The number of amides is 1. The van der Waals surface area contributed by atoms with Crippen LogP contribution in [0.3, 0.4) is 0 Å². The molecule has 1 aliphatic heterocycles. The SMILES string of the molecule is O=C(Nc1ncc(C(NC2CC2)c2ccccc2Cl)s1)C1(c2ccc3c(c2)OCO3)CC1. The van der Waals surface area contributed by atoms with Crippen molar-refractivity contribution in [2.75, 3.05) is 12.1 Å². The van der Waals surface area contributed by atoms with E-state index in [1.807, 2.05) is 48.7 Å². The Morgan fingerprint density at radius 3 is 2.75 bits per heavy atom. The molecule has 2 heterocycles. The molecular formula is C24H22ClN3O3S. The fraction of sp³-hybridized carbons (Fsp3) is 0.333. The van der Waals surface area contributed by atoms with Crippen molar-refractivity contribution in [2.24, 2.45) is 0 Å². The summed E-state index contributed by atoms with van der Waals surface area (Å²) in [6.07, 6.45) is 5.79. The van der Waals surface area contributed by atoms with Gasteiger partial charge in [0.15, 0.2) is 16.6 Å². The molecule has 2 aromatic carbocycles. The molecule has 0 spiro atoms. The molecule has 1 amide bonds. The van der Waals surface area contributed by atoms with Crippen molar-refractivity contribution in [1.82, 2.24) is 10.3 Å². The number of benzene rings is 2. The largest absolute Gasteiger partial charge is 0.454 e. The lowest BCUT2D eigenvalue weighted by Gasteiger charge is -2.18. The van der Waals surface area contributed by atoms with Crippen LogP contribution in [-0.4, -0.2) is 23.7 Å². The van der Waals surface area contributed by atoms with Gasteiger partial charge in [0, 0.05) is 22.1 Å². The number of hydrogen-bond donors (Lipinski definition) is 2. The van der Waals surface area contributed by atoms with E-state index in [1.165, 1.54) is 24.2 Å². The van der Waals surface area contributed by atoms with E-state index in [0.717, 1.165) is 39.6 Å². The maximum atomic E-state index is 13.2. The van der Waals surface area contributed by atoms with Crippen LogP contribution in [0.4, 0.5) is 5.13 Å². The van der Waals surface area contributed by atoms with Gasteiger partial charge in [-0.05, 0) is 55.0 Å². The summed E-state index contributed by atoms with van der Waals surface area (Å²) in [5.41, 5.74) is 1.46. The van der Waals surface area contributed by atoms with Crippen molar-refractivity contribution in [3.8, 4) is 11.5 Å². The molecule has 2 fully saturated rings. The van der Waals surface area contributed by atoms with Gasteiger partial charge >= 0.3 is 0 Å². The van der Waals surface area contributed by atoms with Gasteiger partial charge in [0.2, 0.25) is 12.7 Å². The third kappa shape index (κ3) is 3.64. The van der Waals surface area contributed by atoms with Gasteiger partial charge in [-0.3, -0.25) is 4.79 Å². The van der Waals surface area contributed by atoms with E-state index >= 15 is 0 Å². The predicted molar refractivity (Wildman–Crippen MR) is 124 cm³/mol. The summed E-state index contributed by atoms with van der Waals surface area (Å²) in [6, 6.07) is 14.1. The molecule has 2 saturated carbocycles. The van der Waals surface area contributed by atoms with Crippen molar-refractivity contribution >= 4 is 34.0 Å². The van der Waals surface area contributed by atoms with Crippen LogP contribution in [0, 0.1) is 0 Å². The van der Waals surface area contributed by atoms with Gasteiger partial charge < -0.3 is 20.1 Å². The molecule has 0 saturated heterocycles. The minimum atomic E-state index is -0.527. The normalized spacial score (nSPS) is 18.9. The molecular weight excluding hydrogens is 446 g/mol. The number of thiazole rings is 1. The Morgan fingerprint density at radius 2 is 1.97 bits per heavy atom. The number of halogens is 1. The zero-order valence-electron chi connectivity index (χ0n) is 17.3. The number of carbonyl (C=O) groups is 1. The van der Waals surface area contributed by atoms with Gasteiger partial charge in [0.1, 0.15) is 0 Å². The molecule has 3 aromatic rings. The smallest absolute Gasteiger partial charge is 0.236 e. The van der Waals surface area contributed by atoms with Crippen LogP contribution < -0.4 is 20.1 Å². The Hall–Kier alpha value is -2.61. The van der Waals surface area contributed by atoms with Crippen LogP contribution in [0.5, 0.6) is 11.5 Å². The number of carbonyl (C=O) groups excluding carboxylic acids is 1. The van der Waals surface area contributed by atoms with Crippen molar-refractivity contribution in [3.05, 3.63) is 69.7 Å². The third-order valence-electron chi connectivity index (χ3n) is 6.33. The predicted octanol–water partition coefficient (Wildman–Crippen LogP) is 5.04. The van der Waals surface area contributed by atoms with Crippen molar-refractivity contribution in [1.29, 1.82) is 0 Å². The van der Waals surface area contributed by atoms with E-state index in [0.29, 0.717) is 16.9 Å². The molecule has 164 valence electrons. The fourth-order valence-corrected chi connectivity index (χ4v) is 5.32. The average molecular weight is 468 g/mol. The molecule has 0 radical (unpaired) electrons. The number of hydrogen-bond acceptors (Lipinski definition) is 6. The Labute approximate surface area is 194 Å². The van der Waals surface area contributed by atoms with Crippen LogP contribution in [0.2, 0.25) is 5.02 Å². The third-order valence-corrected chi connectivity index (χ3v) is 7.66. The lowest BCUT2D eigenvalue weighted by molar-refractivity contribution is -0.118. The molecule has 8 heteroatoms. The van der Waals surface area contributed by atoms with E-state index in [4.69, 9.17) is 21.1 Å². The van der Waals surface area contributed by atoms with Crippen LogP contribution in [0.25, 0.3) is 0 Å². The van der Waals surface area contributed by atoms with Gasteiger partial charge in [-0.2, -0.15) is 0 Å². The Bertz CT molecular complexity index is 1190. The first kappa shape index (κ1) is 20.0. The Kier molecular flexibility index (Phi) is 4.86. The maximum absolute atomic E-state index is 13.2. The summed E-state index contributed by atoms with van der Waals surface area (Å²) in [7, 11) is 0. The van der Waals surface area contributed by atoms with Crippen molar-refractivity contribution < 1.29 is 14.3 Å². The van der Waals surface area contributed by atoms with E-state index < -0.39 is 5.41 Å². The molecule has 1 aromatic heterocycles. The zero-order chi connectivity index (χ0) is 21.7. The summed E-state index contributed by atoms with van der Waals surface area (Å²) in [6.45, 7) is 0.224. The van der Waals surface area contributed by atoms with Crippen LogP contribution >= 0.6 is 22.9 Å². The van der Waals surface area contributed by atoms with Gasteiger partial charge in [-0.1, -0.05) is 47.2 Å². The standard InChI is InChI=1S/C24H22ClN3O3S/c25-17-4-2-1-3-16(17)21(27-15-6-7-15)20-12-26-23(32-20)28-22(29)24(9-10-24)14-5-8-18-19(11-14)31-13-30-18/h1-5,8,11-12,15,21,27H,6-7,9-10,13H2,(H,26,28,29). The number of ether oxygens (including phenoxy) is 2. The van der Waals surface area contributed by atoms with E-state index in [9.17, 15) is 4.79 Å². The number of anilines is 1. The monoisotopic (exact) mass is 467 g/mol. The first-order chi connectivity index (χ1) is 15.6. The van der Waals surface area contributed by atoms with E-state index in [-0.39, 0.29) is 18.7 Å². The molecule has 2 aliphatic carbocycles. The number of nitrogens with zero attached hydrogens (tertiary/aromatic N) is 1.